The van der Waals surface area contributed by atoms with Crippen molar-refractivity contribution in [2.24, 2.45) is 13.0 Å². The van der Waals surface area contributed by atoms with E-state index in [-0.39, 0.29) is 12.0 Å². The molecule has 2 heterocycles. The zero-order valence-corrected chi connectivity index (χ0v) is 13.8. The lowest BCUT2D eigenvalue weighted by Crippen LogP contribution is -2.07. The largest absolute Gasteiger partial charge is 0.364 e. The molecule has 0 spiro atoms. The van der Waals surface area contributed by atoms with Crippen molar-refractivity contribution in [1.82, 2.24) is 9.78 Å². The second kappa shape index (κ2) is 5.70. The van der Waals surface area contributed by atoms with E-state index in [1.54, 1.807) is 23.0 Å². The van der Waals surface area contributed by atoms with Gasteiger partial charge in [0.15, 0.2) is 6.29 Å². The minimum absolute atomic E-state index is 0.0253. The van der Waals surface area contributed by atoms with Gasteiger partial charge in [-0.05, 0) is 28.8 Å². The Labute approximate surface area is 138 Å². The highest BCUT2D eigenvalue weighted by atomic mass is 35.5. The predicted octanol–water partition coefficient (Wildman–Crippen LogP) is 3.98. The average molecular weight is 339 g/mol. The molecule has 1 unspecified atom stereocenters. The molecule has 1 N–H and O–H groups in total. The lowest BCUT2D eigenvalue weighted by Gasteiger charge is -2.19. The summed E-state index contributed by atoms with van der Waals surface area (Å²) >= 11 is 12.4. The van der Waals surface area contributed by atoms with Crippen molar-refractivity contribution >= 4 is 23.2 Å². The van der Waals surface area contributed by atoms with Gasteiger partial charge in [-0.2, -0.15) is 5.10 Å². The van der Waals surface area contributed by atoms with Gasteiger partial charge < -0.3 is 9.84 Å². The third kappa shape index (κ3) is 2.57. The van der Waals surface area contributed by atoms with Crippen LogP contribution in [0.25, 0.3) is 11.1 Å². The van der Waals surface area contributed by atoms with Crippen LogP contribution in [0, 0.1) is 5.92 Å². The molecular weight excluding hydrogens is 323 g/mol. The van der Waals surface area contributed by atoms with Gasteiger partial charge in [0.1, 0.15) is 0 Å². The molecule has 6 heteroatoms. The third-order valence-electron chi connectivity index (χ3n) is 4.05. The van der Waals surface area contributed by atoms with Crippen LogP contribution < -0.4 is 0 Å². The number of aliphatic hydroxyl groups excluding tert-OH is 1. The van der Waals surface area contributed by atoms with Crippen molar-refractivity contribution < 1.29 is 9.84 Å². The number of halogens is 2. The van der Waals surface area contributed by atoms with Gasteiger partial charge in [-0.15, -0.1) is 0 Å². The van der Waals surface area contributed by atoms with E-state index in [4.69, 9.17) is 27.9 Å². The van der Waals surface area contributed by atoms with Gasteiger partial charge in [-0.25, -0.2) is 0 Å². The molecule has 4 nitrogen and oxygen atoms in total. The number of aromatic nitrogens is 2. The molecule has 0 aliphatic carbocycles. The molecule has 0 radical (unpaired) electrons. The van der Waals surface area contributed by atoms with Crippen molar-refractivity contribution in [2.75, 3.05) is 0 Å². The van der Waals surface area contributed by atoms with E-state index in [1.807, 2.05) is 20.2 Å². The Balaban J connectivity index is 2.14. The first-order valence-electron chi connectivity index (χ1n) is 6.88. The molecule has 3 rings (SSSR count). The van der Waals surface area contributed by atoms with E-state index < -0.39 is 6.29 Å². The molecule has 1 aromatic carbocycles. The van der Waals surface area contributed by atoms with Crippen LogP contribution in [0.15, 0.2) is 36.7 Å². The highest BCUT2D eigenvalue weighted by Gasteiger charge is 2.37. The Hall–Kier alpha value is -1.33. The Kier molecular flexibility index (Phi) is 4.03. The highest BCUT2D eigenvalue weighted by molar-refractivity contribution is 6.42. The molecule has 1 aliphatic heterocycles. The van der Waals surface area contributed by atoms with Crippen LogP contribution >= 0.6 is 23.2 Å². The van der Waals surface area contributed by atoms with Crippen molar-refractivity contribution in [3.8, 4) is 11.1 Å². The number of rotatable bonds is 2. The summed E-state index contributed by atoms with van der Waals surface area (Å²) in [5.41, 5.74) is 3.33. The van der Waals surface area contributed by atoms with Crippen molar-refractivity contribution in [2.45, 2.75) is 19.3 Å². The monoisotopic (exact) mass is 338 g/mol. The van der Waals surface area contributed by atoms with Gasteiger partial charge >= 0.3 is 0 Å². The van der Waals surface area contributed by atoms with Crippen LogP contribution in [0.5, 0.6) is 0 Å². The molecule has 1 aromatic heterocycles. The fourth-order valence-electron chi connectivity index (χ4n) is 2.71. The SMILES string of the molecule is C=C1C(O)O[C@H](c2cc(Cl)c(Cl)cc2-c2cnn(C)c2)[C@H]1C. The number of aryl methyl sites for hydroxylation is 1. The number of benzene rings is 1. The minimum atomic E-state index is -0.962. The standard InChI is InChI=1S/C16H16Cl2N2O2/c1-8-9(2)16(21)22-15(8)12-5-14(18)13(17)4-11(12)10-6-19-20(3)7-10/h4-8,15-16,21H,2H2,1,3H3/t8-,15-,16?/m0/s1. The normalized spacial score (nSPS) is 25.0. The van der Waals surface area contributed by atoms with Gasteiger partial charge in [0.25, 0.3) is 0 Å². The average Bonchev–Trinajstić information content (AvgIpc) is 3.01. The number of aliphatic hydroxyl groups is 1. The zero-order chi connectivity index (χ0) is 16.0. The Morgan fingerprint density at radius 3 is 2.55 bits per heavy atom. The van der Waals surface area contributed by atoms with Gasteiger partial charge in [0.2, 0.25) is 0 Å². The van der Waals surface area contributed by atoms with Gasteiger partial charge in [0.05, 0.1) is 22.3 Å². The molecule has 0 bridgehead atoms. The summed E-state index contributed by atoms with van der Waals surface area (Å²) in [5, 5.41) is 15.0. The smallest absolute Gasteiger partial charge is 0.177 e. The van der Waals surface area contributed by atoms with E-state index in [1.165, 1.54) is 0 Å². The van der Waals surface area contributed by atoms with Crippen LogP contribution in [0.1, 0.15) is 18.6 Å². The van der Waals surface area contributed by atoms with Crippen molar-refractivity contribution in [3.05, 3.63) is 52.3 Å². The maximum Gasteiger partial charge on any atom is 0.177 e. The van der Waals surface area contributed by atoms with E-state index in [0.717, 1.165) is 16.7 Å². The van der Waals surface area contributed by atoms with Crippen molar-refractivity contribution in [3.63, 3.8) is 0 Å². The lowest BCUT2D eigenvalue weighted by atomic mass is 9.89. The first-order chi connectivity index (χ1) is 10.4. The Bertz CT molecular complexity index is 742. The molecule has 0 saturated carbocycles. The number of ether oxygens (including phenoxy) is 1. The third-order valence-corrected chi connectivity index (χ3v) is 4.77. The summed E-state index contributed by atoms with van der Waals surface area (Å²) in [7, 11) is 1.85. The predicted molar refractivity (Wildman–Crippen MR) is 86.8 cm³/mol. The minimum Gasteiger partial charge on any atom is -0.364 e. The maximum absolute atomic E-state index is 9.89. The Morgan fingerprint density at radius 1 is 1.32 bits per heavy atom. The fourth-order valence-corrected chi connectivity index (χ4v) is 3.05. The van der Waals surface area contributed by atoms with E-state index >= 15 is 0 Å². The maximum atomic E-state index is 9.89. The molecule has 3 atom stereocenters. The fraction of sp³-hybridized carbons (Fsp3) is 0.312. The summed E-state index contributed by atoms with van der Waals surface area (Å²) in [6, 6.07) is 3.60. The lowest BCUT2D eigenvalue weighted by molar-refractivity contribution is -0.0806. The van der Waals surface area contributed by atoms with Crippen LogP contribution in [0.2, 0.25) is 10.0 Å². The molecule has 1 fully saturated rings. The molecule has 1 saturated heterocycles. The second-order valence-electron chi connectivity index (χ2n) is 5.53. The first-order valence-corrected chi connectivity index (χ1v) is 7.64. The zero-order valence-electron chi connectivity index (χ0n) is 12.3. The topological polar surface area (TPSA) is 47.3 Å². The highest BCUT2D eigenvalue weighted by Crippen LogP contribution is 2.45. The quantitative estimate of drug-likeness (QED) is 0.842. The summed E-state index contributed by atoms with van der Waals surface area (Å²) in [5.74, 6) is -0.0253. The number of hydrogen-bond donors (Lipinski definition) is 1. The second-order valence-corrected chi connectivity index (χ2v) is 6.34. The number of nitrogens with zero attached hydrogens (tertiary/aromatic N) is 2. The van der Waals surface area contributed by atoms with Crippen LogP contribution in [-0.4, -0.2) is 21.2 Å². The van der Waals surface area contributed by atoms with E-state index in [2.05, 4.69) is 11.7 Å². The molecule has 22 heavy (non-hydrogen) atoms. The van der Waals surface area contributed by atoms with Crippen LogP contribution in [0.4, 0.5) is 0 Å². The Morgan fingerprint density at radius 2 is 2.00 bits per heavy atom. The molecule has 2 aromatic rings. The van der Waals surface area contributed by atoms with Crippen molar-refractivity contribution in [1.29, 1.82) is 0 Å². The summed E-state index contributed by atoms with van der Waals surface area (Å²) in [4.78, 5) is 0. The number of hydrogen-bond acceptors (Lipinski definition) is 3. The van der Waals surface area contributed by atoms with Gasteiger partial charge in [0, 0.05) is 24.7 Å². The van der Waals surface area contributed by atoms with Crippen LogP contribution in [0.3, 0.4) is 0 Å². The molecule has 116 valence electrons. The summed E-state index contributed by atoms with van der Waals surface area (Å²) in [6.45, 7) is 5.86. The van der Waals surface area contributed by atoms with Gasteiger partial charge in [-0.1, -0.05) is 36.7 Å². The van der Waals surface area contributed by atoms with Crippen LogP contribution in [-0.2, 0) is 11.8 Å². The summed E-state index contributed by atoms with van der Waals surface area (Å²) < 4.78 is 7.38. The molecule has 1 aliphatic rings. The van der Waals surface area contributed by atoms with Gasteiger partial charge in [-0.3, -0.25) is 4.68 Å². The first kappa shape index (κ1) is 15.6. The molecular formula is C16H16Cl2N2O2. The van der Waals surface area contributed by atoms with E-state index in [0.29, 0.717) is 15.6 Å². The van der Waals surface area contributed by atoms with E-state index in [9.17, 15) is 5.11 Å². The molecule has 0 amide bonds. The summed E-state index contributed by atoms with van der Waals surface area (Å²) in [6.07, 6.45) is 2.37.